The number of aryl methyl sites for hydroxylation is 1. The van der Waals surface area contributed by atoms with Gasteiger partial charge in [-0.05, 0) is 55.0 Å². The Morgan fingerprint density at radius 2 is 1.83 bits per heavy atom. The molecule has 0 aliphatic heterocycles. The van der Waals surface area contributed by atoms with Gasteiger partial charge >= 0.3 is 0 Å². The zero-order valence-corrected chi connectivity index (χ0v) is 19.3. The zero-order valence-electron chi connectivity index (χ0n) is 16.2. The van der Waals surface area contributed by atoms with E-state index in [0.29, 0.717) is 23.6 Å². The van der Waals surface area contributed by atoms with E-state index in [-0.39, 0.29) is 5.57 Å². The molecule has 6 heteroatoms. The second kappa shape index (κ2) is 10.2. The van der Waals surface area contributed by atoms with E-state index in [1.807, 2.05) is 55.5 Å². The molecule has 0 bridgehead atoms. The summed E-state index contributed by atoms with van der Waals surface area (Å²) in [4.78, 5) is 12.6. The molecule has 0 saturated carbocycles. The summed E-state index contributed by atoms with van der Waals surface area (Å²) in [5.41, 5.74) is 3.41. The van der Waals surface area contributed by atoms with Crippen molar-refractivity contribution in [1.82, 2.24) is 0 Å². The Morgan fingerprint density at radius 3 is 2.57 bits per heavy atom. The number of ether oxygens (including phenoxy) is 1. The zero-order chi connectivity index (χ0) is 21.5. The van der Waals surface area contributed by atoms with E-state index in [9.17, 15) is 10.1 Å². The van der Waals surface area contributed by atoms with Gasteiger partial charge < -0.3 is 10.1 Å². The fraction of sp³-hybridized carbons (Fsp3) is 0.0833. The quantitative estimate of drug-likeness (QED) is 0.289. The molecule has 30 heavy (non-hydrogen) atoms. The van der Waals surface area contributed by atoms with Gasteiger partial charge in [0.2, 0.25) is 0 Å². The average Bonchev–Trinajstić information content (AvgIpc) is 2.71. The highest BCUT2D eigenvalue weighted by molar-refractivity contribution is 9.10. The highest BCUT2D eigenvalue weighted by Gasteiger charge is 2.12. The third-order valence-electron chi connectivity index (χ3n) is 4.20. The number of nitriles is 1. The van der Waals surface area contributed by atoms with Crippen molar-refractivity contribution in [3.05, 3.63) is 97.9 Å². The molecule has 1 amide bonds. The van der Waals surface area contributed by atoms with Crippen molar-refractivity contribution in [2.24, 2.45) is 0 Å². The first-order valence-electron chi connectivity index (χ1n) is 9.11. The van der Waals surface area contributed by atoms with Gasteiger partial charge in [0.15, 0.2) is 0 Å². The van der Waals surface area contributed by atoms with Crippen molar-refractivity contribution in [3.63, 3.8) is 0 Å². The molecule has 0 aliphatic rings. The third kappa shape index (κ3) is 6.06. The monoisotopic (exact) mass is 524 g/mol. The van der Waals surface area contributed by atoms with Crippen LogP contribution in [0.25, 0.3) is 6.08 Å². The maximum absolute atomic E-state index is 12.6. The molecule has 0 aliphatic carbocycles. The Morgan fingerprint density at radius 1 is 1.07 bits per heavy atom. The molecule has 0 atom stereocenters. The lowest BCUT2D eigenvalue weighted by Crippen LogP contribution is -2.13. The number of amides is 1. The average molecular weight is 526 g/mol. The van der Waals surface area contributed by atoms with Gasteiger partial charge in [-0.1, -0.05) is 67.8 Å². The van der Waals surface area contributed by atoms with Gasteiger partial charge in [-0.15, -0.1) is 0 Å². The summed E-state index contributed by atoms with van der Waals surface area (Å²) in [5.74, 6) is 0.0999. The fourth-order valence-corrected chi connectivity index (χ4v) is 3.57. The number of halogens is 2. The Balaban J connectivity index is 1.83. The molecule has 0 saturated heterocycles. The van der Waals surface area contributed by atoms with Crippen LogP contribution in [-0.2, 0) is 11.4 Å². The Kier molecular flexibility index (Phi) is 7.45. The number of nitrogens with zero attached hydrogens (tertiary/aromatic N) is 1. The number of rotatable bonds is 6. The first-order valence-corrected chi connectivity index (χ1v) is 10.7. The molecule has 0 heterocycles. The van der Waals surface area contributed by atoms with E-state index in [0.717, 1.165) is 20.1 Å². The minimum absolute atomic E-state index is 0.0199. The van der Waals surface area contributed by atoms with Crippen LogP contribution >= 0.6 is 31.9 Å². The van der Waals surface area contributed by atoms with Gasteiger partial charge in [0.1, 0.15) is 24.0 Å². The van der Waals surface area contributed by atoms with Crippen molar-refractivity contribution in [1.29, 1.82) is 5.26 Å². The van der Waals surface area contributed by atoms with Crippen molar-refractivity contribution in [2.45, 2.75) is 13.5 Å². The first-order chi connectivity index (χ1) is 14.4. The Hall–Kier alpha value is -2.88. The lowest BCUT2D eigenvalue weighted by atomic mass is 10.1. The summed E-state index contributed by atoms with van der Waals surface area (Å²) < 4.78 is 7.64. The van der Waals surface area contributed by atoms with E-state index in [1.54, 1.807) is 18.2 Å². The predicted octanol–water partition coefficient (Wildman–Crippen LogP) is 6.64. The van der Waals surface area contributed by atoms with Gasteiger partial charge in [0.05, 0.1) is 0 Å². The fourth-order valence-electron chi connectivity index (χ4n) is 2.80. The van der Waals surface area contributed by atoms with E-state index in [1.165, 1.54) is 6.08 Å². The van der Waals surface area contributed by atoms with Crippen LogP contribution in [0, 0.1) is 18.3 Å². The maximum atomic E-state index is 12.6. The topological polar surface area (TPSA) is 62.1 Å². The molecule has 0 radical (unpaired) electrons. The molecule has 0 unspecified atom stereocenters. The van der Waals surface area contributed by atoms with Crippen LogP contribution in [0.2, 0.25) is 0 Å². The molecule has 3 aromatic carbocycles. The number of nitrogens with one attached hydrogen (secondary N) is 1. The van der Waals surface area contributed by atoms with Crippen LogP contribution in [0.3, 0.4) is 0 Å². The molecule has 3 rings (SSSR count). The van der Waals surface area contributed by atoms with Gasteiger partial charge in [-0.25, -0.2) is 0 Å². The number of hydrogen-bond acceptors (Lipinski definition) is 3. The van der Waals surface area contributed by atoms with Crippen molar-refractivity contribution in [3.8, 4) is 11.8 Å². The summed E-state index contributed by atoms with van der Waals surface area (Å²) in [6, 6.07) is 22.7. The second-order valence-electron chi connectivity index (χ2n) is 6.59. The third-order valence-corrected chi connectivity index (χ3v) is 5.18. The van der Waals surface area contributed by atoms with E-state index < -0.39 is 5.91 Å². The van der Waals surface area contributed by atoms with Crippen molar-refractivity contribution in [2.75, 3.05) is 5.32 Å². The molecule has 150 valence electrons. The summed E-state index contributed by atoms with van der Waals surface area (Å²) >= 11 is 6.80. The maximum Gasteiger partial charge on any atom is 0.266 e. The second-order valence-corrected chi connectivity index (χ2v) is 8.43. The highest BCUT2D eigenvalue weighted by atomic mass is 79.9. The van der Waals surface area contributed by atoms with Crippen LogP contribution in [0.1, 0.15) is 16.7 Å². The molecular formula is C24H18Br2N2O2. The Labute approximate surface area is 192 Å². The molecule has 0 aromatic heterocycles. The molecule has 0 spiro atoms. The summed E-state index contributed by atoms with van der Waals surface area (Å²) in [7, 11) is 0. The number of benzene rings is 3. The SMILES string of the molecule is Cc1cccc(COc2ccc(Br)cc2/C=C(/C#N)C(=O)Nc2cccc(Br)c2)c1. The highest BCUT2D eigenvalue weighted by Crippen LogP contribution is 2.27. The van der Waals surface area contributed by atoms with Crippen LogP contribution in [-0.4, -0.2) is 5.91 Å². The van der Waals surface area contributed by atoms with Gasteiger partial charge in [0, 0.05) is 20.2 Å². The minimum Gasteiger partial charge on any atom is -0.488 e. The van der Waals surface area contributed by atoms with E-state index in [4.69, 9.17) is 4.74 Å². The number of anilines is 1. The first kappa shape index (κ1) is 21.8. The van der Waals surface area contributed by atoms with Crippen molar-refractivity contribution < 1.29 is 9.53 Å². The molecule has 1 N–H and O–H groups in total. The van der Waals surface area contributed by atoms with Gasteiger partial charge in [0.25, 0.3) is 5.91 Å². The predicted molar refractivity (Wildman–Crippen MR) is 126 cm³/mol. The van der Waals surface area contributed by atoms with Crippen LogP contribution in [0.5, 0.6) is 5.75 Å². The smallest absolute Gasteiger partial charge is 0.266 e. The van der Waals surface area contributed by atoms with E-state index in [2.05, 4.69) is 43.2 Å². The normalized spacial score (nSPS) is 10.9. The number of carbonyl (C=O) groups is 1. The summed E-state index contributed by atoms with van der Waals surface area (Å²) in [6.45, 7) is 2.41. The molecular weight excluding hydrogens is 508 g/mol. The van der Waals surface area contributed by atoms with Crippen LogP contribution in [0.15, 0.2) is 81.2 Å². The van der Waals surface area contributed by atoms with Crippen LogP contribution in [0.4, 0.5) is 5.69 Å². The minimum atomic E-state index is -0.486. The Bertz CT molecular complexity index is 1150. The lowest BCUT2D eigenvalue weighted by Gasteiger charge is -2.11. The largest absolute Gasteiger partial charge is 0.488 e. The van der Waals surface area contributed by atoms with Crippen molar-refractivity contribution >= 4 is 49.5 Å². The molecule has 3 aromatic rings. The molecule has 0 fully saturated rings. The summed E-state index contributed by atoms with van der Waals surface area (Å²) in [6.07, 6.45) is 1.53. The number of hydrogen-bond donors (Lipinski definition) is 1. The van der Waals surface area contributed by atoms with Gasteiger partial charge in [-0.3, -0.25) is 4.79 Å². The van der Waals surface area contributed by atoms with Gasteiger partial charge in [-0.2, -0.15) is 5.26 Å². The molecule has 4 nitrogen and oxygen atoms in total. The summed E-state index contributed by atoms with van der Waals surface area (Å²) in [5, 5.41) is 12.3. The standard InChI is InChI=1S/C24H18Br2N2O2/c1-16-4-2-5-17(10-16)15-30-23-9-8-21(26)12-18(23)11-19(14-27)24(29)28-22-7-3-6-20(25)13-22/h2-13H,15H2,1H3,(H,28,29)/b19-11-. The lowest BCUT2D eigenvalue weighted by molar-refractivity contribution is -0.112. The van der Waals surface area contributed by atoms with E-state index >= 15 is 0 Å². The number of carbonyl (C=O) groups excluding carboxylic acids is 1. The van der Waals surface area contributed by atoms with Crippen LogP contribution < -0.4 is 10.1 Å².